The lowest BCUT2D eigenvalue weighted by molar-refractivity contribution is 0.0992. The van der Waals surface area contributed by atoms with E-state index in [1.54, 1.807) is 12.1 Å². The molecule has 0 radical (unpaired) electrons. The normalized spacial score (nSPS) is 20.9. The second-order valence-electron chi connectivity index (χ2n) is 8.07. The number of carbonyl (C=O) groups excluding carboxylic acids is 1. The second kappa shape index (κ2) is 7.88. The number of fused-ring (bicyclic) bond motifs is 1. The van der Waals surface area contributed by atoms with E-state index >= 15 is 0 Å². The van der Waals surface area contributed by atoms with Crippen molar-refractivity contribution in [2.24, 2.45) is 5.92 Å². The van der Waals surface area contributed by atoms with Crippen LogP contribution in [0.25, 0.3) is 0 Å². The fourth-order valence-corrected chi connectivity index (χ4v) is 4.52. The molecule has 3 heterocycles. The Morgan fingerprint density at radius 1 is 1.03 bits per heavy atom. The maximum atomic E-state index is 12.5. The van der Waals surface area contributed by atoms with Gasteiger partial charge in [-0.2, -0.15) is 0 Å². The number of ether oxygens (including phenoxy) is 1. The van der Waals surface area contributed by atoms with Crippen molar-refractivity contribution in [2.45, 2.75) is 12.5 Å². The molecule has 6 nitrogen and oxygen atoms in total. The highest BCUT2D eigenvalue weighted by Gasteiger charge is 2.39. The third-order valence-electron chi connectivity index (χ3n) is 5.95. The number of nitrogens with one attached hydrogen (secondary N) is 1. The van der Waals surface area contributed by atoms with Crippen LogP contribution in [0, 0.1) is 5.92 Å². The van der Waals surface area contributed by atoms with Gasteiger partial charge < -0.3 is 24.3 Å². The fourth-order valence-electron chi connectivity index (χ4n) is 4.52. The molecule has 0 spiro atoms. The van der Waals surface area contributed by atoms with Gasteiger partial charge in [0.2, 0.25) is 0 Å². The van der Waals surface area contributed by atoms with E-state index in [4.69, 9.17) is 9.15 Å². The van der Waals surface area contributed by atoms with Crippen LogP contribution in [0.15, 0.2) is 71.1 Å². The van der Waals surface area contributed by atoms with E-state index in [0.717, 1.165) is 24.7 Å². The monoisotopic (exact) mass is 403 g/mol. The highest BCUT2D eigenvalue weighted by Crippen LogP contribution is 2.35. The Kier molecular flexibility index (Phi) is 4.93. The van der Waals surface area contributed by atoms with Gasteiger partial charge in [-0.05, 0) is 61.9 Å². The van der Waals surface area contributed by atoms with Gasteiger partial charge in [0.15, 0.2) is 5.76 Å². The lowest BCUT2D eigenvalue weighted by Gasteiger charge is -2.26. The summed E-state index contributed by atoms with van der Waals surface area (Å²) in [5, 5.41) is 2.89. The van der Waals surface area contributed by atoms with Crippen LogP contribution in [0.5, 0.6) is 11.7 Å². The average molecular weight is 403 g/mol. The van der Waals surface area contributed by atoms with Crippen LogP contribution in [0.2, 0.25) is 0 Å². The first-order valence-electron chi connectivity index (χ1n) is 10.3. The third kappa shape index (κ3) is 3.78. The summed E-state index contributed by atoms with van der Waals surface area (Å²) in [4.78, 5) is 17.4. The molecule has 2 aliphatic heterocycles. The molecule has 0 unspecified atom stereocenters. The molecule has 0 saturated carbocycles. The van der Waals surface area contributed by atoms with Crippen molar-refractivity contribution in [1.82, 2.24) is 4.90 Å². The minimum atomic E-state index is -0.302. The van der Waals surface area contributed by atoms with Gasteiger partial charge in [-0.15, -0.1) is 0 Å². The number of likely N-dealkylation sites (N-methyl/N-ethyl adjacent to an activating group) is 1. The first kappa shape index (κ1) is 18.8. The number of anilines is 2. The lowest BCUT2D eigenvalue weighted by Crippen LogP contribution is -2.34. The number of para-hydroxylation sites is 1. The standard InChI is InChI=1S/C24H25N3O3/c1-26-15-17-13-14-27(21(17)16-26)19-9-7-18(8-10-19)25-24(28)22-11-12-23(30-22)29-20-5-3-2-4-6-20/h2-12,17,21H,13-16H2,1H3,(H,25,28)/t17-,21+/m1/s1. The molecular formula is C24H25N3O3. The molecule has 2 fully saturated rings. The van der Waals surface area contributed by atoms with E-state index in [2.05, 4.69) is 34.3 Å². The van der Waals surface area contributed by atoms with Crippen molar-refractivity contribution in [3.63, 3.8) is 0 Å². The number of amides is 1. The van der Waals surface area contributed by atoms with E-state index in [9.17, 15) is 4.79 Å². The predicted octanol–water partition coefficient (Wildman–Crippen LogP) is 4.46. The largest absolute Gasteiger partial charge is 0.426 e. The van der Waals surface area contributed by atoms with Crippen molar-refractivity contribution < 1.29 is 13.9 Å². The summed E-state index contributed by atoms with van der Waals surface area (Å²) in [5.41, 5.74) is 1.96. The molecule has 0 aliphatic carbocycles. The molecule has 30 heavy (non-hydrogen) atoms. The topological polar surface area (TPSA) is 58.0 Å². The summed E-state index contributed by atoms with van der Waals surface area (Å²) in [6.07, 6.45) is 1.25. The summed E-state index contributed by atoms with van der Waals surface area (Å²) in [5.74, 6) is 1.62. The SMILES string of the molecule is CN1C[C@H]2CCN(c3ccc(NC(=O)c4ccc(Oc5ccccc5)o4)cc3)[C@H]2C1. The van der Waals surface area contributed by atoms with Crippen molar-refractivity contribution in [3.05, 3.63) is 72.5 Å². The maximum Gasteiger partial charge on any atom is 0.291 e. The Bertz CT molecular complexity index is 1020. The van der Waals surface area contributed by atoms with Crippen LogP contribution in [-0.2, 0) is 0 Å². The number of carbonyl (C=O) groups is 1. The van der Waals surface area contributed by atoms with E-state index in [1.807, 2.05) is 42.5 Å². The van der Waals surface area contributed by atoms with E-state index in [1.165, 1.54) is 18.7 Å². The molecule has 2 aromatic carbocycles. The molecule has 154 valence electrons. The number of benzene rings is 2. The second-order valence-corrected chi connectivity index (χ2v) is 8.07. The third-order valence-corrected chi connectivity index (χ3v) is 5.95. The molecule has 6 heteroatoms. The molecule has 1 amide bonds. The van der Waals surface area contributed by atoms with E-state index in [0.29, 0.717) is 11.8 Å². The van der Waals surface area contributed by atoms with Gasteiger partial charge in [0.1, 0.15) is 5.75 Å². The number of hydrogen-bond acceptors (Lipinski definition) is 5. The van der Waals surface area contributed by atoms with Gasteiger partial charge in [-0.3, -0.25) is 4.79 Å². The summed E-state index contributed by atoms with van der Waals surface area (Å²) in [7, 11) is 2.19. The molecule has 0 bridgehead atoms. The number of furan rings is 1. The summed E-state index contributed by atoms with van der Waals surface area (Å²) in [6.45, 7) is 3.41. The molecule has 2 atom stereocenters. The van der Waals surface area contributed by atoms with Gasteiger partial charge in [0, 0.05) is 43.1 Å². The Morgan fingerprint density at radius 3 is 2.63 bits per heavy atom. The number of nitrogens with zero attached hydrogens (tertiary/aromatic N) is 2. The van der Waals surface area contributed by atoms with Crippen LogP contribution < -0.4 is 15.0 Å². The van der Waals surface area contributed by atoms with Crippen LogP contribution >= 0.6 is 0 Å². The first-order valence-corrected chi connectivity index (χ1v) is 10.3. The van der Waals surface area contributed by atoms with Crippen molar-refractivity contribution in [2.75, 3.05) is 36.9 Å². The first-order chi connectivity index (χ1) is 14.7. The smallest absolute Gasteiger partial charge is 0.291 e. The summed E-state index contributed by atoms with van der Waals surface area (Å²) >= 11 is 0. The quantitative estimate of drug-likeness (QED) is 0.681. The molecule has 2 aliphatic rings. The predicted molar refractivity (Wildman–Crippen MR) is 116 cm³/mol. The molecule has 1 aromatic heterocycles. The van der Waals surface area contributed by atoms with Gasteiger partial charge >= 0.3 is 0 Å². The lowest BCUT2D eigenvalue weighted by atomic mass is 10.0. The van der Waals surface area contributed by atoms with Crippen molar-refractivity contribution in [3.8, 4) is 11.7 Å². The van der Waals surface area contributed by atoms with Crippen LogP contribution in [0.1, 0.15) is 17.0 Å². The van der Waals surface area contributed by atoms with Crippen LogP contribution in [0.4, 0.5) is 11.4 Å². The van der Waals surface area contributed by atoms with Gasteiger partial charge in [0.05, 0.1) is 0 Å². The number of hydrogen-bond donors (Lipinski definition) is 1. The fraction of sp³-hybridized carbons (Fsp3) is 0.292. The molecule has 1 N–H and O–H groups in total. The Hall–Kier alpha value is -3.25. The van der Waals surface area contributed by atoms with Crippen molar-refractivity contribution in [1.29, 1.82) is 0 Å². The number of rotatable bonds is 5. The van der Waals surface area contributed by atoms with E-state index < -0.39 is 0 Å². The van der Waals surface area contributed by atoms with Crippen LogP contribution in [0.3, 0.4) is 0 Å². The Labute approximate surface area is 176 Å². The van der Waals surface area contributed by atoms with Gasteiger partial charge in [-0.25, -0.2) is 0 Å². The maximum absolute atomic E-state index is 12.5. The minimum Gasteiger partial charge on any atom is -0.426 e. The van der Waals surface area contributed by atoms with Gasteiger partial charge in [0.25, 0.3) is 11.9 Å². The molecular weight excluding hydrogens is 378 g/mol. The highest BCUT2D eigenvalue weighted by molar-refractivity contribution is 6.02. The Balaban J connectivity index is 1.22. The zero-order valence-electron chi connectivity index (χ0n) is 17.0. The molecule has 2 saturated heterocycles. The average Bonchev–Trinajstić information content (AvgIpc) is 3.45. The zero-order chi connectivity index (χ0) is 20.5. The summed E-state index contributed by atoms with van der Waals surface area (Å²) < 4.78 is 11.2. The Morgan fingerprint density at radius 2 is 1.83 bits per heavy atom. The highest BCUT2D eigenvalue weighted by atomic mass is 16.6. The molecule has 3 aromatic rings. The minimum absolute atomic E-state index is 0.210. The number of likely N-dealkylation sites (tertiary alicyclic amines) is 1. The van der Waals surface area contributed by atoms with Crippen molar-refractivity contribution >= 4 is 17.3 Å². The molecule has 5 rings (SSSR count). The zero-order valence-corrected chi connectivity index (χ0v) is 17.0. The van der Waals surface area contributed by atoms with Gasteiger partial charge in [-0.1, -0.05) is 18.2 Å². The van der Waals surface area contributed by atoms with E-state index in [-0.39, 0.29) is 17.6 Å². The van der Waals surface area contributed by atoms with Crippen LogP contribution in [-0.4, -0.2) is 43.5 Å². The summed E-state index contributed by atoms with van der Waals surface area (Å²) in [6, 6.07) is 21.3.